The maximum atomic E-state index is 5.19. The Labute approximate surface area is 254 Å². The Bertz CT molecular complexity index is 2230. The summed E-state index contributed by atoms with van der Waals surface area (Å²) in [5.74, 6) is 1.10. The smallest absolute Gasteiger partial charge is 0.134 e. The van der Waals surface area contributed by atoms with Gasteiger partial charge in [0.1, 0.15) is 5.82 Å². The quantitative estimate of drug-likeness (QED) is 0.214. The van der Waals surface area contributed by atoms with Crippen molar-refractivity contribution in [2.45, 2.75) is 12.0 Å². The number of aromatic nitrogens is 4. The Morgan fingerprint density at radius 1 is 0.591 bits per heavy atom. The van der Waals surface area contributed by atoms with Crippen LogP contribution in [0.2, 0.25) is 0 Å². The monoisotopic (exact) mass is 566 g/mol. The average Bonchev–Trinajstić information content (AvgIpc) is 3.62. The van der Waals surface area contributed by atoms with E-state index in [0.717, 1.165) is 56.1 Å². The van der Waals surface area contributed by atoms with Crippen LogP contribution in [0.15, 0.2) is 145 Å². The molecule has 0 amide bonds. The van der Waals surface area contributed by atoms with Gasteiger partial charge in [-0.25, -0.2) is 9.97 Å². The number of benzene rings is 3. The molecule has 0 radical (unpaired) electrons. The lowest BCUT2D eigenvalue weighted by Crippen LogP contribution is -2.30. The van der Waals surface area contributed by atoms with Crippen LogP contribution < -0.4 is 4.90 Å². The summed E-state index contributed by atoms with van der Waals surface area (Å²) in [7, 11) is 0. The third-order valence-corrected chi connectivity index (χ3v) is 8.68. The number of aliphatic imine (C=N–C) groups is 1. The number of para-hydroxylation sites is 3. The Hall–Kier alpha value is -5.88. The molecule has 0 bridgehead atoms. The molecule has 0 N–H and O–H groups in total. The molecule has 2 unspecified atom stereocenters. The zero-order valence-electron chi connectivity index (χ0n) is 23.7. The van der Waals surface area contributed by atoms with Gasteiger partial charge in [-0.1, -0.05) is 66.7 Å². The second kappa shape index (κ2) is 9.85. The number of pyridine rings is 3. The van der Waals surface area contributed by atoms with Crippen LogP contribution in [-0.4, -0.2) is 31.8 Å². The van der Waals surface area contributed by atoms with Crippen LogP contribution in [0.25, 0.3) is 50.3 Å². The van der Waals surface area contributed by atoms with E-state index in [1.54, 1.807) is 0 Å². The molecule has 0 spiro atoms. The fraction of sp³-hybridized carbons (Fsp3) is 0.0526. The van der Waals surface area contributed by atoms with Gasteiger partial charge in [-0.15, -0.1) is 0 Å². The van der Waals surface area contributed by atoms with Crippen LogP contribution in [0.5, 0.6) is 0 Å². The van der Waals surface area contributed by atoms with E-state index in [9.17, 15) is 0 Å². The Morgan fingerprint density at radius 3 is 2.30 bits per heavy atom. The first kappa shape index (κ1) is 24.7. The third kappa shape index (κ3) is 3.74. The van der Waals surface area contributed by atoms with Gasteiger partial charge in [0.05, 0.1) is 45.4 Å². The molecule has 4 aromatic heterocycles. The first-order chi connectivity index (χ1) is 21.8. The first-order valence-electron chi connectivity index (χ1n) is 14.8. The topological polar surface area (TPSA) is 59.2 Å². The summed E-state index contributed by atoms with van der Waals surface area (Å²) >= 11 is 0. The molecule has 2 aliphatic rings. The van der Waals surface area contributed by atoms with Crippen molar-refractivity contribution in [2.24, 2.45) is 4.99 Å². The first-order valence-corrected chi connectivity index (χ1v) is 14.8. The minimum Gasteiger partial charge on any atom is -0.318 e. The number of nitrogens with zero attached hydrogens (tertiary/aromatic N) is 6. The molecule has 0 saturated heterocycles. The normalized spacial score (nSPS) is 16.9. The molecule has 2 atom stereocenters. The van der Waals surface area contributed by atoms with Gasteiger partial charge in [0.15, 0.2) is 0 Å². The molecule has 6 heteroatoms. The van der Waals surface area contributed by atoms with Gasteiger partial charge in [-0.2, -0.15) is 0 Å². The summed E-state index contributed by atoms with van der Waals surface area (Å²) < 4.78 is 2.29. The minimum atomic E-state index is 0.138. The molecule has 6 nitrogen and oxygen atoms in total. The highest BCUT2D eigenvalue weighted by molar-refractivity contribution is 6.07. The second-order valence-electron chi connectivity index (χ2n) is 11.1. The van der Waals surface area contributed by atoms with E-state index in [2.05, 4.69) is 124 Å². The standard InChI is InChI=1S/C38H26N6/c1-4-16-32-25(10-1)28-24-39-23-21-35(28)44(32)37-20-8-15-31(42-37)30-14-7-13-29(41-30)26-11-2-5-17-33(26)43-34-18-6-3-12-27(34)38-36(43)19-9-22-40-38/h1-24,28,35H. The van der Waals surface area contributed by atoms with Crippen molar-refractivity contribution in [1.82, 2.24) is 19.5 Å². The lowest BCUT2D eigenvalue weighted by Gasteiger charge is -2.27. The van der Waals surface area contributed by atoms with Crippen LogP contribution in [0.3, 0.4) is 0 Å². The second-order valence-corrected chi connectivity index (χ2v) is 11.1. The molecule has 7 aromatic rings. The van der Waals surface area contributed by atoms with Gasteiger partial charge in [0.25, 0.3) is 0 Å². The van der Waals surface area contributed by atoms with Crippen molar-refractivity contribution >= 4 is 39.7 Å². The zero-order valence-corrected chi connectivity index (χ0v) is 23.7. The number of hydrogen-bond acceptors (Lipinski definition) is 5. The van der Waals surface area contributed by atoms with Crippen LogP contribution in [0.4, 0.5) is 11.5 Å². The van der Waals surface area contributed by atoms with E-state index in [1.165, 1.54) is 11.3 Å². The van der Waals surface area contributed by atoms with Gasteiger partial charge in [0, 0.05) is 41.2 Å². The molecule has 6 heterocycles. The Kier molecular flexibility index (Phi) is 5.53. The molecule has 0 aliphatic carbocycles. The van der Waals surface area contributed by atoms with Crippen LogP contribution >= 0.6 is 0 Å². The Morgan fingerprint density at radius 2 is 1.34 bits per heavy atom. The summed E-state index contributed by atoms with van der Waals surface area (Å²) in [6, 6.07) is 42.1. The molecule has 3 aromatic carbocycles. The molecule has 44 heavy (non-hydrogen) atoms. The predicted octanol–water partition coefficient (Wildman–Crippen LogP) is 8.50. The van der Waals surface area contributed by atoms with Gasteiger partial charge in [-0.3, -0.25) is 9.98 Å². The van der Waals surface area contributed by atoms with E-state index in [4.69, 9.17) is 15.0 Å². The van der Waals surface area contributed by atoms with Crippen LogP contribution in [-0.2, 0) is 0 Å². The fourth-order valence-electron chi connectivity index (χ4n) is 6.78. The van der Waals surface area contributed by atoms with Gasteiger partial charge in [-0.05, 0) is 66.2 Å². The van der Waals surface area contributed by atoms with Crippen molar-refractivity contribution in [1.29, 1.82) is 0 Å². The summed E-state index contributed by atoms with van der Waals surface area (Å²) in [6.45, 7) is 0. The molecule has 9 rings (SSSR count). The summed E-state index contributed by atoms with van der Waals surface area (Å²) in [4.78, 5) is 21.9. The SMILES string of the molecule is C1=CC2C(C=N1)c1ccccc1N2c1cccc(-c2cccc(-c3ccccc3-n3c4ccccc4c4ncccc43)n2)n1. The predicted molar refractivity (Wildman–Crippen MR) is 178 cm³/mol. The highest BCUT2D eigenvalue weighted by Gasteiger charge is 2.38. The van der Waals surface area contributed by atoms with E-state index < -0.39 is 0 Å². The van der Waals surface area contributed by atoms with Crippen molar-refractivity contribution in [3.8, 4) is 28.3 Å². The molecule has 2 aliphatic heterocycles. The average molecular weight is 567 g/mol. The van der Waals surface area contributed by atoms with Gasteiger partial charge in [0.2, 0.25) is 0 Å². The molecule has 208 valence electrons. The minimum absolute atomic E-state index is 0.138. The van der Waals surface area contributed by atoms with Crippen LogP contribution in [0, 0.1) is 0 Å². The van der Waals surface area contributed by atoms with E-state index in [-0.39, 0.29) is 12.0 Å². The Balaban J connectivity index is 1.16. The highest BCUT2D eigenvalue weighted by atomic mass is 15.2. The van der Waals surface area contributed by atoms with E-state index in [1.807, 2.05) is 36.8 Å². The number of fused-ring (bicyclic) bond motifs is 6. The van der Waals surface area contributed by atoms with Crippen molar-refractivity contribution in [3.63, 3.8) is 0 Å². The molecular formula is C38H26N6. The third-order valence-electron chi connectivity index (χ3n) is 8.68. The summed E-state index contributed by atoms with van der Waals surface area (Å²) in [5, 5.41) is 1.13. The largest absolute Gasteiger partial charge is 0.318 e. The highest BCUT2D eigenvalue weighted by Crippen LogP contribution is 2.45. The van der Waals surface area contributed by atoms with Gasteiger partial charge >= 0.3 is 0 Å². The molecule has 0 fully saturated rings. The molecular weight excluding hydrogens is 540 g/mol. The van der Waals surface area contributed by atoms with Gasteiger partial charge < -0.3 is 9.47 Å². The number of rotatable bonds is 4. The maximum absolute atomic E-state index is 5.19. The number of hydrogen-bond donors (Lipinski definition) is 0. The van der Waals surface area contributed by atoms with Crippen molar-refractivity contribution < 1.29 is 0 Å². The van der Waals surface area contributed by atoms with E-state index >= 15 is 0 Å². The molecule has 0 saturated carbocycles. The fourth-order valence-corrected chi connectivity index (χ4v) is 6.78. The lowest BCUT2D eigenvalue weighted by atomic mass is 9.95. The summed E-state index contributed by atoms with van der Waals surface area (Å²) in [5.41, 5.74) is 10.3. The summed E-state index contributed by atoms with van der Waals surface area (Å²) in [6.07, 6.45) is 7.96. The van der Waals surface area contributed by atoms with Crippen LogP contribution in [0.1, 0.15) is 11.5 Å². The maximum Gasteiger partial charge on any atom is 0.134 e. The zero-order chi connectivity index (χ0) is 29.0. The lowest BCUT2D eigenvalue weighted by molar-refractivity contribution is 0.772. The van der Waals surface area contributed by atoms with Crippen molar-refractivity contribution in [3.05, 3.63) is 145 Å². The van der Waals surface area contributed by atoms with Crippen molar-refractivity contribution in [2.75, 3.05) is 4.90 Å². The number of anilines is 2. The van der Waals surface area contributed by atoms with E-state index in [0.29, 0.717) is 0 Å².